The predicted molar refractivity (Wildman–Crippen MR) is 147 cm³/mol. The van der Waals surface area contributed by atoms with E-state index >= 15 is 0 Å². The van der Waals surface area contributed by atoms with E-state index in [1.165, 1.54) is 7.05 Å². The van der Waals surface area contributed by atoms with Gasteiger partial charge in [-0.1, -0.05) is 11.6 Å². The number of rotatable bonds is 7. The van der Waals surface area contributed by atoms with Crippen molar-refractivity contribution in [1.82, 2.24) is 14.5 Å². The predicted octanol–water partition coefficient (Wildman–Crippen LogP) is 5.13. The minimum atomic E-state index is -0.749. The molecule has 0 bridgehead atoms. The topological polar surface area (TPSA) is 99.2 Å². The van der Waals surface area contributed by atoms with Crippen LogP contribution in [0.3, 0.4) is 0 Å². The van der Waals surface area contributed by atoms with Crippen molar-refractivity contribution in [1.29, 1.82) is 5.26 Å². The number of fused-ring (bicyclic) bond motifs is 2. The van der Waals surface area contributed by atoms with Gasteiger partial charge in [0.15, 0.2) is 5.75 Å². The van der Waals surface area contributed by atoms with Gasteiger partial charge in [0.25, 0.3) is 5.95 Å². The normalized spacial score (nSPS) is 14.6. The molecule has 12 heteroatoms. The molecule has 1 aliphatic heterocycles. The number of anilines is 2. The Morgan fingerprint density at radius 2 is 2.11 bits per heavy atom. The van der Waals surface area contributed by atoms with Crippen LogP contribution in [0.15, 0.2) is 48.8 Å². The van der Waals surface area contributed by atoms with Crippen molar-refractivity contribution in [2.24, 2.45) is 0 Å². The second-order valence-corrected chi connectivity index (χ2v) is 10.3. The van der Waals surface area contributed by atoms with Crippen LogP contribution in [-0.2, 0) is 13.0 Å². The van der Waals surface area contributed by atoms with Crippen LogP contribution in [0.25, 0.3) is 16.6 Å². The number of nitrogens with zero attached hydrogens (tertiary/aromatic N) is 6. The summed E-state index contributed by atoms with van der Waals surface area (Å²) in [6.45, 7) is 1.75. The Morgan fingerprint density at radius 3 is 2.86 bits per heavy atom. The molecule has 190 valence electrons. The SMILES string of the molecule is C[N+](O)(S)Nc1ncc2c(n1)CCN(c1ccc3c(ccn3-c3cc(Cl)c(OCCCl)c(C#N)c3)c1)C2. The van der Waals surface area contributed by atoms with Crippen molar-refractivity contribution in [3.63, 3.8) is 0 Å². The summed E-state index contributed by atoms with van der Waals surface area (Å²) in [7, 11) is 1.46. The molecule has 1 aliphatic rings. The van der Waals surface area contributed by atoms with E-state index in [9.17, 15) is 10.5 Å². The zero-order chi connectivity index (χ0) is 26.2. The van der Waals surface area contributed by atoms with E-state index < -0.39 is 4.16 Å². The maximum absolute atomic E-state index is 9.78. The minimum absolute atomic E-state index is 0.271. The zero-order valence-electron chi connectivity index (χ0n) is 19.9. The molecule has 1 atom stereocenters. The van der Waals surface area contributed by atoms with Crippen LogP contribution >= 0.6 is 36.0 Å². The van der Waals surface area contributed by atoms with E-state index in [1.54, 1.807) is 18.3 Å². The van der Waals surface area contributed by atoms with Gasteiger partial charge in [0.2, 0.25) is 0 Å². The number of halogens is 2. The van der Waals surface area contributed by atoms with Crippen molar-refractivity contribution in [3.8, 4) is 17.5 Å². The second-order valence-electron chi connectivity index (χ2n) is 8.74. The number of nitriles is 1. The van der Waals surface area contributed by atoms with Gasteiger partial charge in [-0.15, -0.1) is 11.6 Å². The number of hydroxylamine groups is 1. The average Bonchev–Trinajstić information content (AvgIpc) is 3.29. The molecule has 3 heterocycles. The van der Waals surface area contributed by atoms with Crippen LogP contribution in [0.5, 0.6) is 5.75 Å². The first-order valence-corrected chi connectivity index (χ1v) is 12.8. The molecule has 37 heavy (non-hydrogen) atoms. The van der Waals surface area contributed by atoms with Gasteiger partial charge in [0, 0.05) is 54.2 Å². The fourth-order valence-corrected chi connectivity index (χ4v) is 4.85. The molecule has 0 fully saturated rings. The van der Waals surface area contributed by atoms with Crippen LogP contribution in [-0.4, -0.2) is 50.0 Å². The molecular weight excluding hydrogens is 533 g/mol. The monoisotopic (exact) mass is 556 g/mol. The van der Waals surface area contributed by atoms with Gasteiger partial charge in [-0.25, -0.2) is 9.97 Å². The molecule has 0 spiro atoms. The molecule has 2 N–H and O–H groups in total. The van der Waals surface area contributed by atoms with E-state index in [-0.39, 0.29) is 6.61 Å². The van der Waals surface area contributed by atoms with Gasteiger partial charge < -0.3 is 14.2 Å². The van der Waals surface area contributed by atoms with Gasteiger partial charge >= 0.3 is 0 Å². The summed E-state index contributed by atoms with van der Waals surface area (Å²) < 4.78 is 6.83. The Hall–Kier alpha value is -3.20. The highest BCUT2D eigenvalue weighted by Gasteiger charge is 2.22. The highest BCUT2D eigenvalue weighted by Crippen LogP contribution is 2.34. The number of alkyl halides is 1. The zero-order valence-corrected chi connectivity index (χ0v) is 22.3. The van der Waals surface area contributed by atoms with Crippen LogP contribution in [0, 0.1) is 11.3 Å². The number of quaternary nitrogens is 1. The smallest absolute Gasteiger partial charge is 0.273 e. The molecule has 1 unspecified atom stereocenters. The Balaban J connectivity index is 1.40. The van der Waals surface area contributed by atoms with E-state index in [1.807, 2.05) is 16.8 Å². The standard InChI is InChI=1S/C25H24Cl2N7O2S/c1-34(35,37)31-25-29-14-18-15-32(7-5-22(18)30-25)19-2-3-23-16(10-19)4-8-33(23)20-11-17(13-28)24(21(27)12-20)36-9-6-26/h2-4,8,10-12,14,35,37H,5-7,9,15H2,1H3,(H,29,30,31)/q+1. The number of nitrogens with one attached hydrogen (secondary N) is 1. The summed E-state index contributed by atoms with van der Waals surface area (Å²) in [6.07, 6.45) is 4.50. The van der Waals surface area contributed by atoms with Gasteiger partial charge in [0.1, 0.15) is 32.5 Å². The molecule has 0 saturated heterocycles. The lowest BCUT2D eigenvalue weighted by Gasteiger charge is -2.30. The van der Waals surface area contributed by atoms with Crippen molar-refractivity contribution in [3.05, 3.63) is 70.6 Å². The number of hydrogen-bond donors (Lipinski definition) is 3. The molecule has 9 nitrogen and oxygen atoms in total. The number of ether oxygens (including phenoxy) is 1. The fraction of sp³-hybridized carbons (Fsp3) is 0.240. The maximum atomic E-state index is 9.78. The number of hydrogen-bond acceptors (Lipinski definition) is 8. The van der Waals surface area contributed by atoms with E-state index in [0.29, 0.717) is 34.7 Å². The second kappa shape index (κ2) is 10.3. The van der Waals surface area contributed by atoms with Crippen molar-refractivity contribution >= 4 is 58.6 Å². The minimum Gasteiger partial charge on any atom is -0.489 e. The van der Waals surface area contributed by atoms with Gasteiger partial charge in [0.05, 0.1) is 27.7 Å². The largest absolute Gasteiger partial charge is 0.489 e. The molecule has 0 amide bonds. The molecule has 4 aromatic rings. The Bertz CT molecular complexity index is 1510. The van der Waals surface area contributed by atoms with E-state index in [2.05, 4.69) is 57.4 Å². The number of benzene rings is 2. The van der Waals surface area contributed by atoms with E-state index in [4.69, 9.17) is 27.9 Å². The fourth-order valence-electron chi connectivity index (χ4n) is 4.42. The summed E-state index contributed by atoms with van der Waals surface area (Å²) >= 11 is 16.2. The highest BCUT2D eigenvalue weighted by molar-refractivity contribution is 7.74. The maximum Gasteiger partial charge on any atom is 0.273 e. The van der Waals surface area contributed by atoms with Crippen molar-refractivity contribution in [2.45, 2.75) is 13.0 Å². The van der Waals surface area contributed by atoms with Crippen LogP contribution in [0.1, 0.15) is 16.8 Å². The lowest BCUT2D eigenvalue weighted by Crippen LogP contribution is -2.37. The van der Waals surface area contributed by atoms with Crippen molar-refractivity contribution in [2.75, 3.05) is 36.4 Å². The van der Waals surface area contributed by atoms with Crippen molar-refractivity contribution < 1.29 is 14.1 Å². The third-order valence-electron chi connectivity index (χ3n) is 6.04. The molecule has 2 aromatic heterocycles. The quantitative estimate of drug-likeness (QED) is 0.125. The first-order valence-electron chi connectivity index (χ1n) is 11.5. The first kappa shape index (κ1) is 25.4. The third-order valence-corrected chi connectivity index (χ3v) is 6.57. The Kier molecular flexibility index (Phi) is 7.07. The number of thiol groups is 1. The van der Waals surface area contributed by atoms with E-state index in [0.717, 1.165) is 46.5 Å². The number of aromatic nitrogens is 3. The van der Waals surface area contributed by atoms with Crippen LogP contribution in [0.2, 0.25) is 5.02 Å². The summed E-state index contributed by atoms with van der Waals surface area (Å²) in [5, 5.41) is 20.8. The average molecular weight is 557 g/mol. The first-order chi connectivity index (χ1) is 17.8. The molecule has 0 radical (unpaired) electrons. The highest BCUT2D eigenvalue weighted by atomic mass is 35.5. The third kappa shape index (κ3) is 5.42. The van der Waals surface area contributed by atoms with Crippen LogP contribution in [0.4, 0.5) is 11.6 Å². The summed E-state index contributed by atoms with van der Waals surface area (Å²) in [5.74, 6) is 0.980. The molecule has 0 aliphatic carbocycles. The Morgan fingerprint density at radius 1 is 1.27 bits per heavy atom. The lowest BCUT2D eigenvalue weighted by atomic mass is 10.1. The van der Waals surface area contributed by atoms with Gasteiger partial charge in [-0.2, -0.15) is 15.9 Å². The van der Waals surface area contributed by atoms with Gasteiger partial charge in [-0.3, -0.25) is 0 Å². The molecule has 5 rings (SSSR count). The molecular formula is C25H24Cl2N7O2S+. The summed E-state index contributed by atoms with van der Waals surface area (Å²) in [5.41, 5.74) is 7.92. The Labute approximate surface area is 229 Å². The molecule has 2 aromatic carbocycles. The molecule has 0 saturated carbocycles. The summed E-state index contributed by atoms with van der Waals surface area (Å²) in [4.78, 5) is 11.1. The van der Waals surface area contributed by atoms with Gasteiger partial charge in [-0.05, 0) is 40.6 Å². The lowest BCUT2D eigenvalue weighted by molar-refractivity contribution is -0.955. The summed E-state index contributed by atoms with van der Waals surface area (Å²) in [6, 6.07) is 14.1. The van der Waals surface area contributed by atoms with Crippen LogP contribution < -0.4 is 15.1 Å².